The van der Waals surface area contributed by atoms with E-state index in [0.717, 1.165) is 12.6 Å². The van der Waals surface area contributed by atoms with Crippen molar-refractivity contribution in [2.24, 2.45) is 5.92 Å². The Bertz CT molecular complexity index is 507. The molecule has 0 aliphatic heterocycles. The molecular weight excluding hydrogens is 258 g/mol. The molecule has 0 aliphatic carbocycles. The minimum Gasteiger partial charge on any atom is -0.478 e. The molecule has 0 saturated heterocycles. The molecule has 0 saturated carbocycles. The third-order valence-electron chi connectivity index (χ3n) is 2.35. The van der Waals surface area contributed by atoms with E-state index in [1.54, 1.807) is 0 Å². The first kappa shape index (κ1) is 14.7. The van der Waals surface area contributed by atoms with Crippen molar-refractivity contribution in [3.05, 3.63) is 11.8 Å². The number of nitrogens with zero attached hydrogens (tertiary/aromatic N) is 1. The normalized spacial score (nSPS) is 11.9. The van der Waals surface area contributed by atoms with Gasteiger partial charge in [0.05, 0.1) is 6.20 Å². The Hall–Kier alpha value is -1.41. The van der Waals surface area contributed by atoms with E-state index in [1.807, 2.05) is 13.8 Å². The first-order chi connectivity index (χ1) is 8.34. The Morgan fingerprint density at radius 3 is 2.78 bits per heavy atom. The zero-order valence-electron chi connectivity index (χ0n) is 10.3. The van der Waals surface area contributed by atoms with E-state index in [-0.39, 0.29) is 12.1 Å². The molecule has 1 rings (SSSR count). The van der Waals surface area contributed by atoms with Crippen molar-refractivity contribution >= 4 is 16.0 Å². The van der Waals surface area contributed by atoms with Crippen molar-refractivity contribution in [2.75, 3.05) is 6.54 Å². The van der Waals surface area contributed by atoms with Gasteiger partial charge in [0.25, 0.3) is 10.0 Å². The summed E-state index contributed by atoms with van der Waals surface area (Å²) in [5.41, 5.74) is -0.355. The number of hydrogen-bond acceptors (Lipinski definition) is 4. The van der Waals surface area contributed by atoms with Crippen LogP contribution in [0, 0.1) is 5.92 Å². The highest BCUT2D eigenvalue weighted by molar-refractivity contribution is 7.89. The fourth-order valence-electron chi connectivity index (χ4n) is 1.42. The number of carboxylic acids is 1. The molecule has 1 heterocycles. The molecule has 0 aliphatic rings. The maximum absolute atomic E-state index is 11.8. The van der Waals surface area contributed by atoms with E-state index in [4.69, 9.17) is 5.11 Å². The molecule has 3 N–H and O–H groups in total. The van der Waals surface area contributed by atoms with Gasteiger partial charge in [-0.05, 0) is 18.8 Å². The standard InChI is InChI=1S/C10H17N3O4S/c1-7(2)4-3-5-12-18(16,17)9-8(10(14)15)6-11-13-9/h6-7,12H,3-5H2,1-2H3,(H,11,13)(H,14,15). The molecule has 0 aromatic carbocycles. The molecule has 0 radical (unpaired) electrons. The molecule has 8 heteroatoms. The first-order valence-electron chi connectivity index (χ1n) is 5.61. The molecule has 1 aromatic heterocycles. The van der Waals surface area contributed by atoms with Crippen molar-refractivity contribution in [3.63, 3.8) is 0 Å². The van der Waals surface area contributed by atoms with E-state index in [9.17, 15) is 13.2 Å². The summed E-state index contributed by atoms with van der Waals surface area (Å²) >= 11 is 0. The molecule has 102 valence electrons. The Morgan fingerprint density at radius 2 is 2.22 bits per heavy atom. The van der Waals surface area contributed by atoms with E-state index >= 15 is 0 Å². The summed E-state index contributed by atoms with van der Waals surface area (Å²) in [4.78, 5) is 10.8. The van der Waals surface area contributed by atoms with Gasteiger partial charge in [0.2, 0.25) is 0 Å². The smallest absolute Gasteiger partial charge is 0.340 e. The topological polar surface area (TPSA) is 112 Å². The summed E-state index contributed by atoms with van der Waals surface area (Å²) in [6.45, 7) is 4.37. The molecule has 18 heavy (non-hydrogen) atoms. The number of aromatic amines is 1. The quantitative estimate of drug-likeness (QED) is 0.638. The molecule has 7 nitrogen and oxygen atoms in total. The summed E-state index contributed by atoms with van der Waals surface area (Å²) in [5, 5.41) is 14.0. The van der Waals surface area contributed by atoms with Gasteiger partial charge >= 0.3 is 5.97 Å². The highest BCUT2D eigenvalue weighted by Crippen LogP contribution is 2.11. The van der Waals surface area contributed by atoms with Gasteiger partial charge in [-0.25, -0.2) is 17.9 Å². The van der Waals surface area contributed by atoms with Gasteiger partial charge in [-0.3, -0.25) is 5.10 Å². The summed E-state index contributed by atoms with van der Waals surface area (Å²) in [6, 6.07) is 0. The maximum atomic E-state index is 11.8. The molecule has 0 bridgehead atoms. The Kier molecular flexibility index (Phi) is 4.85. The van der Waals surface area contributed by atoms with Crippen LogP contribution in [0.3, 0.4) is 0 Å². The highest BCUT2D eigenvalue weighted by atomic mass is 32.2. The zero-order valence-corrected chi connectivity index (χ0v) is 11.1. The third-order valence-corrected chi connectivity index (χ3v) is 3.79. The molecule has 0 atom stereocenters. The number of aromatic carboxylic acids is 1. The number of carboxylic acid groups (broad SMARTS) is 1. The van der Waals surface area contributed by atoms with Crippen LogP contribution in [0.1, 0.15) is 37.0 Å². The zero-order chi connectivity index (χ0) is 13.8. The third kappa shape index (κ3) is 3.81. The largest absolute Gasteiger partial charge is 0.478 e. The monoisotopic (exact) mass is 275 g/mol. The second-order valence-electron chi connectivity index (χ2n) is 4.35. The Balaban J connectivity index is 2.69. The second-order valence-corrected chi connectivity index (χ2v) is 6.06. The fourth-order valence-corrected chi connectivity index (χ4v) is 2.58. The van der Waals surface area contributed by atoms with E-state index in [0.29, 0.717) is 12.3 Å². The lowest BCUT2D eigenvalue weighted by Gasteiger charge is -2.07. The summed E-state index contributed by atoms with van der Waals surface area (Å²) in [5.74, 6) is -0.831. The number of sulfonamides is 1. The second kappa shape index (κ2) is 5.96. The van der Waals surface area contributed by atoms with E-state index in [2.05, 4.69) is 14.9 Å². The minimum absolute atomic E-state index is 0.276. The lowest BCUT2D eigenvalue weighted by molar-refractivity contribution is 0.0692. The van der Waals surface area contributed by atoms with Crippen LogP contribution in [-0.2, 0) is 10.0 Å². The maximum Gasteiger partial charge on any atom is 0.340 e. The Labute approximate surface area is 106 Å². The lowest BCUT2D eigenvalue weighted by Crippen LogP contribution is -2.26. The average Bonchev–Trinajstić information content (AvgIpc) is 2.73. The van der Waals surface area contributed by atoms with E-state index < -0.39 is 21.0 Å². The van der Waals surface area contributed by atoms with Gasteiger partial charge in [-0.1, -0.05) is 13.8 Å². The number of hydrogen-bond donors (Lipinski definition) is 3. The summed E-state index contributed by atoms with van der Waals surface area (Å²) in [6.07, 6.45) is 2.58. The average molecular weight is 275 g/mol. The van der Waals surface area contributed by atoms with Crippen LogP contribution in [0.15, 0.2) is 11.2 Å². The van der Waals surface area contributed by atoms with Crippen LogP contribution >= 0.6 is 0 Å². The van der Waals surface area contributed by atoms with Crippen molar-refractivity contribution in [1.82, 2.24) is 14.9 Å². The van der Waals surface area contributed by atoms with Crippen LogP contribution in [0.4, 0.5) is 0 Å². The van der Waals surface area contributed by atoms with Crippen molar-refractivity contribution in [1.29, 1.82) is 0 Å². The predicted octanol–water partition coefficient (Wildman–Crippen LogP) is 0.822. The predicted molar refractivity (Wildman–Crippen MR) is 64.8 cm³/mol. The SMILES string of the molecule is CC(C)CCCNS(=O)(=O)c1[nH]ncc1C(=O)O. The molecule has 0 unspecified atom stereocenters. The van der Waals surface area contributed by atoms with Crippen molar-refractivity contribution < 1.29 is 18.3 Å². The number of aromatic nitrogens is 2. The molecule has 0 spiro atoms. The molecule has 0 fully saturated rings. The van der Waals surface area contributed by atoms with Crippen LogP contribution in [0.2, 0.25) is 0 Å². The molecule has 0 amide bonds. The van der Waals surface area contributed by atoms with Gasteiger partial charge in [-0.15, -0.1) is 0 Å². The van der Waals surface area contributed by atoms with Gasteiger partial charge in [0, 0.05) is 6.54 Å². The van der Waals surface area contributed by atoms with Crippen LogP contribution in [-0.4, -0.2) is 36.2 Å². The van der Waals surface area contributed by atoms with Gasteiger partial charge < -0.3 is 5.11 Å². The first-order valence-corrected chi connectivity index (χ1v) is 7.09. The van der Waals surface area contributed by atoms with Gasteiger partial charge in [-0.2, -0.15) is 5.10 Å². The number of rotatable bonds is 7. The van der Waals surface area contributed by atoms with Crippen molar-refractivity contribution in [2.45, 2.75) is 31.7 Å². The fraction of sp³-hybridized carbons (Fsp3) is 0.600. The lowest BCUT2D eigenvalue weighted by atomic mass is 10.1. The number of carbonyl (C=O) groups is 1. The summed E-state index contributed by atoms with van der Waals surface area (Å²) < 4.78 is 26.0. The Morgan fingerprint density at radius 1 is 1.56 bits per heavy atom. The van der Waals surface area contributed by atoms with Crippen LogP contribution in [0.5, 0.6) is 0 Å². The summed E-state index contributed by atoms with van der Waals surface area (Å²) in [7, 11) is -3.84. The van der Waals surface area contributed by atoms with Gasteiger partial charge in [0.15, 0.2) is 5.03 Å². The van der Waals surface area contributed by atoms with Crippen molar-refractivity contribution in [3.8, 4) is 0 Å². The van der Waals surface area contributed by atoms with Gasteiger partial charge in [0.1, 0.15) is 5.56 Å². The number of H-pyrrole nitrogens is 1. The number of nitrogens with one attached hydrogen (secondary N) is 2. The molecule has 1 aromatic rings. The minimum atomic E-state index is -3.84. The highest BCUT2D eigenvalue weighted by Gasteiger charge is 2.24. The molecular formula is C10H17N3O4S. The van der Waals surface area contributed by atoms with Crippen LogP contribution < -0.4 is 4.72 Å². The van der Waals surface area contributed by atoms with Crippen LogP contribution in [0.25, 0.3) is 0 Å². The van der Waals surface area contributed by atoms with E-state index in [1.165, 1.54) is 0 Å².